The highest BCUT2D eigenvalue weighted by molar-refractivity contribution is 5.78. The van der Waals surface area contributed by atoms with Gasteiger partial charge in [0.2, 0.25) is 0 Å². The van der Waals surface area contributed by atoms with Crippen LogP contribution >= 0.6 is 0 Å². The molecular weight excluding hydrogens is 305 g/mol. The zero-order valence-corrected chi connectivity index (χ0v) is 14.2. The Balaban J connectivity index is 1.71. The summed E-state index contributed by atoms with van der Waals surface area (Å²) in [6, 6.07) is 5.16. The average molecular weight is 329 g/mol. The minimum Gasteiger partial charge on any atom is -0.370 e. The fourth-order valence-corrected chi connectivity index (χ4v) is 3.15. The lowest BCUT2D eigenvalue weighted by atomic mass is 10.0. The number of aliphatic imine (C=N–C) groups is 1. The first-order valence-corrected chi connectivity index (χ1v) is 8.38. The van der Waals surface area contributed by atoms with Gasteiger partial charge in [-0.2, -0.15) is 0 Å². The monoisotopic (exact) mass is 329 g/mol. The molecule has 1 aromatic carbocycles. The molecule has 24 heavy (non-hydrogen) atoms. The fourth-order valence-electron chi connectivity index (χ4n) is 3.15. The Morgan fingerprint density at radius 3 is 2.96 bits per heavy atom. The standard InChI is InChI=1S/C18H24FN5/c1-13-4-3-8-23(12-13)18(20)22-11-15-5-6-17(16(19)10-15)24-9-7-21-14(24)2/h5-7,9-10,13H,3-4,8,11-12H2,1-2H3,(H2,20,22). The largest absolute Gasteiger partial charge is 0.370 e. The first-order valence-electron chi connectivity index (χ1n) is 8.38. The summed E-state index contributed by atoms with van der Waals surface area (Å²) < 4.78 is 16.1. The molecule has 0 bridgehead atoms. The van der Waals surface area contributed by atoms with E-state index in [0.29, 0.717) is 24.1 Å². The third-order valence-electron chi connectivity index (χ3n) is 4.50. The van der Waals surface area contributed by atoms with Crippen LogP contribution in [0.2, 0.25) is 0 Å². The molecule has 0 spiro atoms. The molecular formula is C18H24FN5. The van der Waals surface area contributed by atoms with E-state index in [0.717, 1.165) is 30.9 Å². The van der Waals surface area contributed by atoms with E-state index >= 15 is 0 Å². The smallest absolute Gasteiger partial charge is 0.191 e. The Kier molecular flexibility index (Phi) is 4.83. The van der Waals surface area contributed by atoms with Crippen molar-refractivity contribution in [1.29, 1.82) is 0 Å². The summed E-state index contributed by atoms with van der Waals surface area (Å²) in [6.45, 7) is 6.36. The average Bonchev–Trinajstić information content (AvgIpc) is 2.98. The van der Waals surface area contributed by atoms with Crippen LogP contribution in [0.3, 0.4) is 0 Å². The maximum atomic E-state index is 14.4. The Morgan fingerprint density at radius 1 is 1.46 bits per heavy atom. The van der Waals surface area contributed by atoms with Crippen LogP contribution in [0.1, 0.15) is 31.2 Å². The number of imidazole rings is 1. The molecule has 0 radical (unpaired) electrons. The second-order valence-corrected chi connectivity index (χ2v) is 6.50. The lowest BCUT2D eigenvalue weighted by Gasteiger charge is -2.31. The van der Waals surface area contributed by atoms with Crippen LogP contribution in [0.25, 0.3) is 5.69 Å². The van der Waals surface area contributed by atoms with Crippen LogP contribution < -0.4 is 5.73 Å². The van der Waals surface area contributed by atoms with Crippen molar-refractivity contribution in [2.24, 2.45) is 16.6 Å². The third-order valence-corrected chi connectivity index (χ3v) is 4.50. The van der Waals surface area contributed by atoms with Crippen LogP contribution in [0, 0.1) is 18.7 Å². The molecule has 1 aromatic heterocycles. The number of hydrogen-bond donors (Lipinski definition) is 1. The van der Waals surface area contributed by atoms with Crippen molar-refractivity contribution in [3.8, 4) is 5.69 Å². The number of piperidine rings is 1. The molecule has 128 valence electrons. The Hall–Kier alpha value is -2.37. The Morgan fingerprint density at radius 2 is 2.29 bits per heavy atom. The molecule has 6 heteroatoms. The van der Waals surface area contributed by atoms with Crippen molar-refractivity contribution in [2.45, 2.75) is 33.2 Å². The minimum absolute atomic E-state index is 0.283. The number of aryl methyl sites for hydroxylation is 1. The molecule has 0 saturated carbocycles. The van der Waals surface area contributed by atoms with Gasteiger partial charge in [0.15, 0.2) is 5.96 Å². The fraction of sp³-hybridized carbons (Fsp3) is 0.444. The minimum atomic E-state index is -0.283. The van der Waals surface area contributed by atoms with E-state index in [-0.39, 0.29) is 5.82 Å². The molecule has 2 heterocycles. The predicted molar refractivity (Wildman–Crippen MR) is 93.6 cm³/mol. The van der Waals surface area contributed by atoms with E-state index < -0.39 is 0 Å². The van der Waals surface area contributed by atoms with Gasteiger partial charge in [0.25, 0.3) is 0 Å². The summed E-state index contributed by atoms with van der Waals surface area (Å²) in [5.74, 6) is 1.66. The van der Waals surface area contributed by atoms with Gasteiger partial charge < -0.3 is 15.2 Å². The van der Waals surface area contributed by atoms with Crippen molar-refractivity contribution in [3.63, 3.8) is 0 Å². The van der Waals surface area contributed by atoms with Crippen molar-refractivity contribution in [1.82, 2.24) is 14.5 Å². The highest BCUT2D eigenvalue weighted by Crippen LogP contribution is 2.18. The SMILES string of the molecule is Cc1nccn1-c1ccc(CN=C(N)N2CCCC(C)C2)cc1F. The number of nitrogens with two attached hydrogens (primary N) is 1. The molecule has 0 amide bonds. The van der Waals surface area contributed by atoms with Crippen LogP contribution in [0.4, 0.5) is 4.39 Å². The maximum Gasteiger partial charge on any atom is 0.191 e. The number of aromatic nitrogens is 2. The lowest BCUT2D eigenvalue weighted by molar-refractivity contribution is 0.270. The molecule has 2 aromatic rings. The van der Waals surface area contributed by atoms with Gasteiger partial charge in [-0.1, -0.05) is 13.0 Å². The summed E-state index contributed by atoms with van der Waals surface area (Å²) >= 11 is 0. The molecule has 1 aliphatic heterocycles. The van der Waals surface area contributed by atoms with E-state index in [9.17, 15) is 4.39 Å². The number of hydrogen-bond acceptors (Lipinski definition) is 2. The number of nitrogens with zero attached hydrogens (tertiary/aromatic N) is 4. The first kappa shape index (κ1) is 16.5. The predicted octanol–water partition coefficient (Wildman–Crippen LogP) is 2.87. The van der Waals surface area contributed by atoms with Crippen LogP contribution in [-0.4, -0.2) is 33.5 Å². The second-order valence-electron chi connectivity index (χ2n) is 6.50. The van der Waals surface area contributed by atoms with Crippen molar-refractivity contribution in [3.05, 3.63) is 47.8 Å². The summed E-state index contributed by atoms with van der Waals surface area (Å²) in [5, 5.41) is 0. The lowest BCUT2D eigenvalue weighted by Crippen LogP contribution is -2.43. The van der Waals surface area contributed by atoms with Gasteiger partial charge in [-0.25, -0.2) is 14.4 Å². The van der Waals surface area contributed by atoms with Crippen LogP contribution in [-0.2, 0) is 6.54 Å². The molecule has 1 saturated heterocycles. The van der Waals surface area contributed by atoms with Gasteiger partial charge >= 0.3 is 0 Å². The summed E-state index contributed by atoms with van der Waals surface area (Å²) in [7, 11) is 0. The molecule has 1 aliphatic rings. The van der Waals surface area contributed by atoms with Crippen molar-refractivity contribution in [2.75, 3.05) is 13.1 Å². The number of guanidine groups is 1. The van der Waals surface area contributed by atoms with E-state index in [4.69, 9.17) is 5.73 Å². The Bertz CT molecular complexity index is 737. The van der Waals surface area contributed by atoms with E-state index in [2.05, 4.69) is 21.8 Å². The molecule has 5 nitrogen and oxygen atoms in total. The summed E-state index contributed by atoms with van der Waals surface area (Å²) in [5.41, 5.74) is 7.40. The molecule has 1 unspecified atom stereocenters. The number of likely N-dealkylation sites (tertiary alicyclic amines) is 1. The van der Waals surface area contributed by atoms with Gasteiger partial charge in [-0.15, -0.1) is 0 Å². The molecule has 2 N–H and O–H groups in total. The highest BCUT2D eigenvalue weighted by atomic mass is 19.1. The third kappa shape index (κ3) is 3.58. The van der Waals surface area contributed by atoms with Gasteiger partial charge in [-0.3, -0.25) is 0 Å². The molecule has 1 fully saturated rings. The van der Waals surface area contributed by atoms with Crippen LogP contribution in [0.15, 0.2) is 35.6 Å². The van der Waals surface area contributed by atoms with Gasteiger partial charge in [0.1, 0.15) is 11.6 Å². The normalized spacial score (nSPS) is 18.9. The van der Waals surface area contributed by atoms with Crippen molar-refractivity contribution >= 4 is 5.96 Å². The quantitative estimate of drug-likeness (QED) is 0.696. The topological polar surface area (TPSA) is 59.4 Å². The molecule has 1 atom stereocenters. The van der Waals surface area contributed by atoms with E-state index in [1.165, 1.54) is 12.5 Å². The highest BCUT2D eigenvalue weighted by Gasteiger charge is 2.17. The number of benzene rings is 1. The van der Waals surface area contributed by atoms with E-state index in [1.807, 2.05) is 13.0 Å². The number of halogens is 1. The van der Waals surface area contributed by atoms with Gasteiger partial charge in [-0.05, 0) is 43.4 Å². The van der Waals surface area contributed by atoms with Gasteiger partial charge in [0, 0.05) is 25.5 Å². The van der Waals surface area contributed by atoms with Crippen LogP contribution in [0.5, 0.6) is 0 Å². The van der Waals surface area contributed by atoms with E-state index in [1.54, 1.807) is 23.0 Å². The zero-order chi connectivity index (χ0) is 17.1. The summed E-state index contributed by atoms with van der Waals surface area (Å²) in [6.07, 6.45) is 5.80. The van der Waals surface area contributed by atoms with Crippen molar-refractivity contribution < 1.29 is 4.39 Å². The van der Waals surface area contributed by atoms with Gasteiger partial charge in [0.05, 0.1) is 12.2 Å². The first-order chi connectivity index (χ1) is 11.5. The Labute approximate surface area is 142 Å². The molecule has 3 rings (SSSR count). The second kappa shape index (κ2) is 7.03. The number of rotatable bonds is 3. The molecule has 0 aliphatic carbocycles. The zero-order valence-electron chi connectivity index (χ0n) is 14.2. The maximum absolute atomic E-state index is 14.4. The summed E-state index contributed by atoms with van der Waals surface area (Å²) in [4.78, 5) is 10.7.